The largest absolute Gasteiger partial charge is 0.298 e. The Morgan fingerprint density at radius 3 is 2.59 bits per heavy atom. The predicted octanol–water partition coefficient (Wildman–Crippen LogP) is 3.27. The van der Waals surface area contributed by atoms with E-state index in [0.29, 0.717) is 15.7 Å². The number of fused-ring (bicyclic) bond motifs is 1. The molecule has 0 atom stereocenters. The van der Waals surface area contributed by atoms with Gasteiger partial charge in [-0.2, -0.15) is 0 Å². The molecule has 3 aromatic rings. The first kappa shape index (κ1) is 17.9. The van der Waals surface area contributed by atoms with E-state index in [4.69, 9.17) is 11.6 Å². The van der Waals surface area contributed by atoms with Crippen LogP contribution in [0.25, 0.3) is 10.2 Å². The highest BCUT2D eigenvalue weighted by molar-refractivity contribution is 7.94. The zero-order valence-corrected chi connectivity index (χ0v) is 16.1. The number of sulfonamides is 1. The summed E-state index contributed by atoms with van der Waals surface area (Å²) in [4.78, 5) is 28.5. The number of nitrogens with zero attached hydrogens (tertiary/aromatic N) is 2. The van der Waals surface area contributed by atoms with Crippen LogP contribution in [-0.2, 0) is 14.8 Å². The fourth-order valence-corrected chi connectivity index (χ4v) is 5.33. The second kappa shape index (κ2) is 6.59. The van der Waals surface area contributed by atoms with Gasteiger partial charge in [0.15, 0.2) is 5.13 Å². The van der Waals surface area contributed by atoms with Crippen molar-refractivity contribution >= 4 is 65.8 Å². The summed E-state index contributed by atoms with van der Waals surface area (Å²) in [6.45, 7) is 0. The van der Waals surface area contributed by atoms with E-state index in [9.17, 15) is 18.0 Å². The van der Waals surface area contributed by atoms with Crippen LogP contribution in [0.2, 0.25) is 5.02 Å². The van der Waals surface area contributed by atoms with Crippen molar-refractivity contribution in [1.82, 2.24) is 4.98 Å². The van der Waals surface area contributed by atoms with Crippen molar-refractivity contribution in [1.29, 1.82) is 0 Å². The molecule has 0 unspecified atom stereocenters. The number of carbonyl (C=O) groups is 2. The van der Waals surface area contributed by atoms with Crippen LogP contribution in [0.15, 0.2) is 42.5 Å². The third-order valence-corrected chi connectivity index (χ3v) is 6.87. The van der Waals surface area contributed by atoms with Crippen molar-refractivity contribution in [3.05, 3.63) is 53.1 Å². The van der Waals surface area contributed by atoms with Crippen molar-refractivity contribution in [2.75, 3.05) is 15.4 Å². The number of hydrogen-bond donors (Lipinski definition) is 1. The summed E-state index contributed by atoms with van der Waals surface area (Å²) >= 11 is 7.25. The average Bonchev–Trinajstić information content (AvgIpc) is 3.13. The molecule has 1 N–H and O–H groups in total. The maximum Gasteiger partial charge on any atom is 0.257 e. The number of halogens is 1. The molecule has 1 aromatic heterocycles. The fourth-order valence-electron chi connectivity index (χ4n) is 2.74. The molecule has 1 aliphatic rings. The van der Waals surface area contributed by atoms with Gasteiger partial charge in [0.25, 0.3) is 5.91 Å². The van der Waals surface area contributed by atoms with Crippen molar-refractivity contribution < 1.29 is 18.0 Å². The van der Waals surface area contributed by atoms with E-state index in [1.165, 1.54) is 35.6 Å². The van der Waals surface area contributed by atoms with E-state index in [2.05, 4.69) is 10.3 Å². The quantitative estimate of drug-likeness (QED) is 0.700. The van der Waals surface area contributed by atoms with Gasteiger partial charge in [0.2, 0.25) is 15.9 Å². The number of anilines is 2. The molecule has 2 amide bonds. The molecule has 27 heavy (non-hydrogen) atoms. The minimum absolute atomic E-state index is 0.0355. The van der Waals surface area contributed by atoms with E-state index in [1.807, 2.05) is 0 Å². The lowest BCUT2D eigenvalue weighted by atomic mass is 10.2. The van der Waals surface area contributed by atoms with Crippen molar-refractivity contribution in [2.45, 2.75) is 6.42 Å². The van der Waals surface area contributed by atoms with Gasteiger partial charge in [-0.15, -0.1) is 0 Å². The van der Waals surface area contributed by atoms with Crippen LogP contribution >= 0.6 is 22.9 Å². The van der Waals surface area contributed by atoms with E-state index < -0.39 is 15.9 Å². The van der Waals surface area contributed by atoms with E-state index in [1.54, 1.807) is 18.2 Å². The molecule has 2 heterocycles. The zero-order chi connectivity index (χ0) is 19.2. The van der Waals surface area contributed by atoms with Crippen LogP contribution in [0.1, 0.15) is 16.8 Å². The lowest BCUT2D eigenvalue weighted by Gasteiger charge is -2.15. The first-order chi connectivity index (χ1) is 12.8. The van der Waals surface area contributed by atoms with Gasteiger partial charge in [-0.05, 0) is 42.5 Å². The van der Waals surface area contributed by atoms with Crippen LogP contribution < -0.4 is 9.62 Å². The Balaban J connectivity index is 1.54. The Hall–Kier alpha value is -2.49. The first-order valence-electron chi connectivity index (χ1n) is 7.87. The minimum atomic E-state index is -3.63. The number of thiazole rings is 1. The Kier molecular flexibility index (Phi) is 4.37. The van der Waals surface area contributed by atoms with Crippen LogP contribution in [0.3, 0.4) is 0 Å². The number of benzene rings is 2. The van der Waals surface area contributed by atoms with Crippen LogP contribution in [0.5, 0.6) is 0 Å². The predicted molar refractivity (Wildman–Crippen MR) is 105 cm³/mol. The third-order valence-electron chi connectivity index (χ3n) is 4.01. The van der Waals surface area contributed by atoms with Gasteiger partial charge in [-0.3, -0.25) is 14.9 Å². The molecule has 1 aliphatic heterocycles. The van der Waals surface area contributed by atoms with Gasteiger partial charge in [-0.1, -0.05) is 22.9 Å². The lowest BCUT2D eigenvalue weighted by Crippen LogP contribution is -2.29. The maximum absolute atomic E-state index is 12.4. The summed E-state index contributed by atoms with van der Waals surface area (Å²) in [6.07, 6.45) is -0.0355. The van der Waals surface area contributed by atoms with E-state index >= 15 is 0 Å². The first-order valence-corrected chi connectivity index (χ1v) is 10.7. The van der Waals surface area contributed by atoms with Crippen molar-refractivity contribution in [2.24, 2.45) is 0 Å². The van der Waals surface area contributed by atoms with Gasteiger partial charge in [0.1, 0.15) is 0 Å². The molecule has 0 spiro atoms. The van der Waals surface area contributed by atoms with E-state index in [-0.39, 0.29) is 23.8 Å². The molecule has 1 saturated heterocycles. The molecule has 10 heteroatoms. The number of hydrogen-bond acceptors (Lipinski definition) is 6. The molecule has 2 aromatic carbocycles. The highest BCUT2D eigenvalue weighted by atomic mass is 35.5. The molecule has 7 nitrogen and oxygen atoms in total. The molecule has 0 bridgehead atoms. The van der Waals surface area contributed by atoms with Crippen LogP contribution in [-0.4, -0.2) is 31.0 Å². The second-order valence-electron chi connectivity index (χ2n) is 5.86. The van der Waals surface area contributed by atoms with Crippen molar-refractivity contribution in [3.8, 4) is 0 Å². The van der Waals surface area contributed by atoms with Gasteiger partial charge in [0, 0.05) is 17.0 Å². The minimum Gasteiger partial charge on any atom is -0.298 e. The molecule has 0 radical (unpaired) electrons. The topological polar surface area (TPSA) is 96.4 Å². The molecule has 0 saturated carbocycles. The Labute approximate surface area is 163 Å². The summed E-state index contributed by atoms with van der Waals surface area (Å²) < 4.78 is 25.5. The van der Waals surface area contributed by atoms with Gasteiger partial charge >= 0.3 is 0 Å². The molecule has 0 aliphatic carbocycles. The molecular formula is C17H12ClN3O4S2. The molecule has 1 fully saturated rings. The smallest absolute Gasteiger partial charge is 0.257 e. The normalized spacial score (nSPS) is 16.0. The fraction of sp³-hybridized carbons (Fsp3) is 0.118. The summed E-state index contributed by atoms with van der Waals surface area (Å²) in [6, 6.07) is 11.1. The number of rotatable bonds is 3. The average molecular weight is 422 g/mol. The third kappa shape index (κ3) is 3.41. The summed E-state index contributed by atoms with van der Waals surface area (Å²) in [5.74, 6) is -1.06. The lowest BCUT2D eigenvalue weighted by molar-refractivity contribution is -0.116. The Morgan fingerprint density at radius 2 is 1.93 bits per heavy atom. The standard InChI is InChI=1S/C17H12ClN3O4S2/c18-11-3-6-13-14(9-11)26-17(19-13)20-16(23)10-1-4-12(5-2-10)21-15(22)7-8-27(21,24)25/h1-6,9H,7-8H2,(H,19,20,23). The summed E-state index contributed by atoms with van der Waals surface area (Å²) in [5, 5.41) is 3.73. The SMILES string of the molecule is O=C(Nc1nc2ccc(Cl)cc2s1)c1ccc(N2C(=O)CCS2(=O)=O)cc1. The second-order valence-corrected chi connectivity index (χ2v) is 9.26. The molecular weight excluding hydrogens is 410 g/mol. The maximum atomic E-state index is 12.4. The number of carbonyl (C=O) groups excluding carboxylic acids is 2. The summed E-state index contributed by atoms with van der Waals surface area (Å²) in [7, 11) is -3.63. The monoisotopic (exact) mass is 421 g/mol. The van der Waals surface area contributed by atoms with Crippen molar-refractivity contribution in [3.63, 3.8) is 0 Å². The molecule has 4 rings (SSSR count). The number of nitrogens with one attached hydrogen (secondary N) is 1. The van der Waals surface area contributed by atoms with Gasteiger partial charge in [0.05, 0.1) is 21.7 Å². The Morgan fingerprint density at radius 1 is 1.19 bits per heavy atom. The molecule has 138 valence electrons. The van der Waals surface area contributed by atoms with Crippen LogP contribution in [0, 0.1) is 0 Å². The zero-order valence-electron chi connectivity index (χ0n) is 13.7. The van der Waals surface area contributed by atoms with Crippen LogP contribution in [0.4, 0.5) is 10.8 Å². The van der Waals surface area contributed by atoms with Gasteiger partial charge in [-0.25, -0.2) is 17.7 Å². The highest BCUT2D eigenvalue weighted by Gasteiger charge is 2.36. The summed E-state index contributed by atoms with van der Waals surface area (Å²) in [5.41, 5.74) is 1.27. The number of aromatic nitrogens is 1. The Bertz CT molecular complexity index is 1170. The van der Waals surface area contributed by atoms with Gasteiger partial charge < -0.3 is 0 Å². The van der Waals surface area contributed by atoms with E-state index in [0.717, 1.165) is 14.5 Å². The highest BCUT2D eigenvalue weighted by Crippen LogP contribution is 2.29. The number of amides is 2.